The van der Waals surface area contributed by atoms with E-state index in [0.29, 0.717) is 45.8 Å². The minimum Gasteiger partial charge on any atom is -0.445 e. The number of nitrogens with one attached hydrogen (secondary N) is 4. The third-order valence-electron chi connectivity index (χ3n) is 9.30. The van der Waals surface area contributed by atoms with E-state index in [1.165, 1.54) is 12.1 Å². The van der Waals surface area contributed by atoms with Gasteiger partial charge in [0.1, 0.15) is 24.2 Å². The summed E-state index contributed by atoms with van der Waals surface area (Å²) in [6, 6.07) is 5.44. The van der Waals surface area contributed by atoms with Crippen LogP contribution in [-0.4, -0.2) is 46.4 Å². The summed E-state index contributed by atoms with van der Waals surface area (Å²) < 4.78 is 44.6. The molecule has 0 spiro atoms. The van der Waals surface area contributed by atoms with Crippen LogP contribution in [0.4, 0.5) is 18.0 Å². The standard InChI is InChI=1S/C34H40Cl2F3N5O5/c1-5-17(3)26(29(40)45)42-31(47)33(11-10-25-23(15-33)22-13-21(35)14-24(36)28(22)41-25)44-30(46)27(18(4)6-2)43-32(48)49-16-19-8-7-9-20(12-19)34(37,38)39/h7-9,12-14,17-18,26-27,41H,5-6,10-11,15-16H2,1-4H3,(H2,40,45)(H,42,47)(H,43,48)(H,44,46)/t17-,18?,26-,27?,33+/m0/s1. The van der Waals surface area contributed by atoms with Crippen molar-refractivity contribution in [2.24, 2.45) is 17.6 Å². The predicted octanol–water partition coefficient (Wildman–Crippen LogP) is 6.19. The molecule has 0 bridgehead atoms. The largest absolute Gasteiger partial charge is 0.445 e. The van der Waals surface area contributed by atoms with Crippen LogP contribution in [0.1, 0.15) is 69.3 Å². The SMILES string of the molecule is CCC(C)C(NC(=O)OCc1cccc(C(F)(F)F)c1)C(=O)N[C@]1(C(=O)N[C@H](C(N)=O)[C@@H](C)CC)CCc2[nH]c3c(Cl)cc(Cl)cc3c2C1. The molecule has 1 aliphatic rings. The number of amides is 4. The Morgan fingerprint density at radius 2 is 1.69 bits per heavy atom. The molecule has 0 fully saturated rings. The number of hydrogen-bond donors (Lipinski definition) is 5. The number of carbonyl (C=O) groups is 4. The van der Waals surface area contributed by atoms with Crippen molar-refractivity contribution < 1.29 is 37.1 Å². The average molecular weight is 727 g/mol. The number of rotatable bonds is 12. The molecule has 0 aliphatic heterocycles. The molecule has 3 aromatic rings. The van der Waals surface area contributed by atoms with Gasteiger partial charge in [-0.05, 0) is 60.1 Å². The Morgan fingerprint density at radius 3 is 2.33 bits per heavy atom. The van der Waals surface area contributed by atoms with Crippen molar-refractivity contribution in [1.82, 2.24) is 20.9 Å². The molecule has 1 aromatic heterocycles. The van der Waals surface area contributed by atoms with Crippen LogP contribution in [0.5, 0.6) is 0 Å². The Kier molecular flexibility index (Phi) is 11.8. The number of aromatic nitrogens is 1. The van der Waals surface area contributed by atoms with E-state index >= 15 is 0 Å². The van der Waals surface area contributed by atoms with E-state index in [0.717, 1.165) is 17.8 Å². The number of alkyl halides is 3. The average Bonchev–Trinajstić information content (AvgIpc) is 3.41. The van der Waals surface area contributed by atoms with Crippen LogP contribution in [-0.2, 0) is 44.7 Å². The van der Waals surface area contributed by atoms with E-state index in [-0.39, 0.29) is 24.3 Å². The molecule has 2 unspecified atom stereocenters. The highest BCUT2D eigenvalue weighted by molar-refractivity contribution is 6.38. The van der Waals surface area contributed by atoms with Crippen LogP contribution in [0, 0.1) is 11.8 Å². The summed E-state index contributed by atoms with van der Waals surface area (Å²) in [5, 5.41) is 9.62. The number of nitrogens with two attached hydrogens (primary N) is 1. The molecule has 15 heteroatoms. The summed E-state index contributed by atoms with van der Waals surface area (Å²) in [7, 11) is 0. The van der Waals surface area contributed by atoms with Gasteiger partial charge in [0.15, 0.2) is 0 Å². The minimum absolute atomic E-state index is 0.00418. The third kappa shape index (κ3) is 8.61. The fourth-order valence-electron chi connectivity index (χ4n) is 6.01. The molecule has 10 nitrogen and oxygen atoms in total. The summed E-state index contributed by atoms with van der Waals surface area (Å²) in [6.07, 6.45) is -4.20. The summed E-state index contributed by atoms with van der Waals surface area (Å²) >= 11 is 12.8. The summed E-state index contributed by atoms with van der Waals surface area (Å²) in [5.41, 5.74) is 5.42. The molecule has 5 atom stereocenters. The van der Waals surface area contributed by atoms with Crippen LogP contribution in [0.15, 0.2) is 36.4 Å². The first-order chi connectivity index (χ1) is 23.0. The molecule has 6 N–H and O–H groups in total. The lowest BCUT2D eigenvalue weighted by Crippen LogP contribution is -2.67. The first-order valence-electron chi connectivity index (χ1n) is 16.0. The van der Waals surface area contributed by atoms with E-state index in [1.54, 1.807) is 32.9 Å². The van der Waals surface area contributed by atoms with Gasteiger partial charge < -0.3 is 31.4 Å². The van der Waals surface area contributed by atoms with Crippen molar-refractivity contribution in [2.45, 2.75) is 90.2 Å². The highest BCUT2D eigenvalue weighted by Crippen LogP contribution is 2.38. The Morgan fingerprint density at radius 1 is 1.02 bits per heavy atom. The topological polar surface area (TPSA) is 155 Å². The smallest absolute Gasteiger partial charge is 0.416 e. The molecule has 0 radical (unpaired) electrons. The summed E-state index contributed by atoms with van der Waals surface area (Å²) in [4.78, 5) is 57.0. The van der Waals surface area contributed by atoms with Crippen molar-refractivity contribution in [1.29, 1.82) is 0 Å². The van der Waals surface area contributed by atoms with Crippen LogP contribution < -0.4 is 21.7 Å². The second kappa shape index (κ2) is 15.3. The number of ether oxygens (including phenoxy) is 1. The second-order valence-corrected chi connectivity index (χ2v) is 13.5. The van der Waals surface area contributed by atoms with Crippen molar-refractivity contribution in [3.8, 4) is 0 Å². The van der Waals surface area contributed by atoms with E-state index in [4.69, 9.17) is 33.7 Å². The number of halogens is 5. The van der Waals surface area contributed by atoms with Gasteiger partial charge in [-0.1, -0.05) is 75.9 Å². The maximum absolute atomic E-state index is 14.2. The van der Waals surface area contributed by atoms with E-state index in [9.17, 15) is 32.3 Å². The number of carbonyl (C=O) groups excluding carboxylic acids is 4. The molecule has 49 heavy (non-hydrogen) atoms. The first-order valence-corrected chi connectivity index (χ1v) is 16.7. The minimum atomic E-state index is -4.57. The Balaban J connectivity index is 1.63. The molecule has 1 heterocycles. The third-order valence-corrected chi connectivity index (χ3v) is 9.81. The zero-order valence-corrected chi connectivity index (χ0v) is 29.0. The van der Waals surface area contributed by atoms with Crippen molar-refractivity contribution in [3.63, 3.8) is 0 Å². The van der Waals surface area contributed by atoms with Gasteiger partial charge in [-0.15, -0.1) is 0 Å². The molecule has 0 saturated heterocycles. The first kappa shape index (κ1) is 37.8. The fraction of sp³-hybridized carbons (Fsp3) is 0.471. The number of aromatic amines is 1. The van der Waals surface area contributed by atoms with Crippen molar-refractivity contribution in [2.75, 3.05) is 0 Å². The number of aryl methyl sites for hydroxylation is 1. The Hall–Kier alpha value is -3.97. The van der Waals surface area contributed by atoms with Gasteiger partial charge >= 0.3 is 12.3 Å². The molecular formula is C34H40Cl2F3N5O5. The zero-order valence-electron chi connectivity index (χ0n) is 27.5. The number of alkyl carbamates (subject to hydrolysis) is 1. The Bertz CT molecular complexity index is 1730. The van der Waals surface area contributed by atoms with E-state index in [1.807, 2.05) is 6.92 Å². The van der Waals surface area contributed by atoms with E-state index < -0.39 is 65.7 Å². The number of hydrogen-bond acceptors (Lipinski definition) is 5. The molecule has 1 aliphatic carbocycles. The molecule has 0 saturated carbocycles. The molecule has 266 valence electrons. The number of benzene rings is 2. The highest BCUT2D eigenvalue weighted by atomic mass is 35.5. The van der Waals surface area contributed by atoms with Crippen LogP contribution in [0.25, 0.3) is 10.9 Å². The van der Waals surface area contributed by atoms with Crippen molar-refractivity contribution in [3.05, 3.63) is 68.8 Å². The van der Waals surface area contributed by atoms with Crippen molar-refractivity contribution >= 4 is 57.9 Å². The summed E-state index contributed by atoms with van der Waals surface area (Å²) in [6.45, 7) is 6.68. The Labute approximate surface area is 292 Å². The highest BCUT2D eigenvalue weighted by Gasteiger charge is 2.47. The quantitative estimate of drug-likeness (QED) is 0.151. The van der Waals surface area contributed by atoms with Gasteiger partial charge in [-0.2, -0.15) is 13.2 Å². The lowest BCUT2D eigenvalue weighted by atomic mass is 9.78. The van der Waals surface area contributed by atoms with Crippen LogP contribution >= 0.6 is 23.2 Å². The maximum atomic E-state index is 14.2. The predicted molar refractivity (Wildman–Crippen MR) is 180 cm³/mol. The van der Waals surface area contributed by atoms with E-state index in [2.05, 4.69) is 20.9 Å². The normalized spacial score (nSPS) is 18.5. The van der Waals surface area contributed by atoms with Gasteiger partial charge in [-0.25, -0.2) is 4.79 Å². The van der Waals surface area contributed by atoms with Gasteiger partial charge in [-0.3, -0.25) is 14.4 Å². The number of primary amides is 1. The summed E-state index contributed by atoms with van der Waals surface area (Å²) in [5.74, 6) is -2.81. The monoisotopic (exact) mass is 725 g/mol. The molecule has 2 aromatic carbocycles. The molecular weight excluding hydrogens is 686 g/mol. The van der Waals surface area contributed by atoms with Crippen LogP contribution in [0.3, 0.4) is 0 Å². The van der Waals surface area contributed by atoms with Gasteiger partial charge in [0.25, 0.3) is 0 Å². The molecule has 4 rings (SSSR count). The number of H-pyrrole nitrogens is 1. The second-order valence-electron chi connectivity index (χ2n) is 12.7. The maximum Gasteiger partial charge on any atom is 0.416 e. The van der Waals surface area contributed by atoms with Gasteiger partial charge in [0, 0.05) is 22.5 Å². The van der Waals surface area contributed by atoms with Gasteiger partial charge in [0.05, 0.1) is 16.1 Å². The number of fused-ring (bicyclic) bond motifs is 3. The molecule has 4 amide bonds. The zero-order chi connectivity index (χ0) is 36.3. The van der Waals surface area contributed by atoms with Gasteiger partial charge in [0.2, 0.25) is 17.7 Å². The van der Waals surface area contributed by atoms with Crippen LogP contribution in [0.2, 0.25) is 10.0 Å². The fourth-order valence-corrected chi connectivity index (χ4v) is 6.55. The lowest BCUT2D eigenvalue weighted by Gasteiger charge is -2.39. The lowest BCUT2D eigenvalue weighted by molar-refractivity contribution is -0.138.